The Morgan fingerprint density at radius 3 is 2.72 bits per heavy atom. The predicted octanol–water partition coefficient (Wildman–Crippen LogP) is 1.59. The number of nitrogens with two attached hydrogens (primary N) is 1. The van der Waals surface area contributed by atoms with Crippen LogP contribution in [0.25, 0.3) is 0 Å². The summed E-state index contributed by atoms with van der Waals surface area (Å²) in [6.45, 7) is 1.99. The maximum Gasteiger partial charge on any atom is 0.278 e. The number of amides is 1. The Bertz CT molecular complexity index is 569. The molecule has 2 rings (SSSR count). The molecule has 0 radical (unpaired) electrons. The lowest BCUT2D eigenvalue weighted by Gasteiger charge is -2.18. The van der Waals surface area contributed by atoms with Crippen LogP contribution in [0.3, 0.4) is 0 Å². The lowest BCUT2D eigenvalue weighted by Crippen LogP contribution is -2.29. The third-order valence-corrected chi connectivity index (χ3v) is 2.86. The Kier molecular flexibility index (Phi) is 3.06. The number of rotatable bonds is 2. The second kappa shape index (κ2) is 4.52. The molecule has 5 heteroatoms. The minimum absolute atomic E-state index is 0.168. The topological polar surface area (TPSA) is 64.2 Å². The number of benzene rings is 1. The van der Waals surface area contributed by atoms with Crippen LogP contribution >= 0.6 is 0 Å². The van der Waals surface area contributed by atoms with Crippen molar-refractivity contribution < 1.29 is 4.79 Å². The summed E-state index contributed by atoms with van der Waals surface area (Å²) in [7, 11) is 3.43. The Balaban J connectivity index is 2.35. The van der Waals surface area contributed by atoms with Gasteiger partial charge in [-0.1, -0.05) is 12.1 Å². The van der Waals surface area contributed by atoms with Gasteiger partial charge in [0.2, 0.25) is 0 Å². The fourth-order valence-corrected chi connectivity index (χ4v) is 1.83. The van der Waals surface area contributed by atoms with Gasteiger partial charge in [0.05, 0.1) is 11.9 Å². The molecule has 1 amide bonds. The van der Waals surface area contributed by atoms with E-state index in [1.54, 1.807) is 19.0 Å². The van der Waals surface area contributed by atoms with Gasteiger partial charge in [0.15, 0.2) is 0 Å². The average molecular weight is 244 g/mol. The van der Waals surface area contributed by atoms with Gasteiger partial charge in [-0.2, -0.15) is 5.10 Å². The monoisotopic (exact) mass is 244 g/mol. The van der Waals surface area contributed by atoms with Gasteiger partial charge in [-0.15, -0.1) is 0 Å². The zero-order chi connectivity index (χ0) is 13.3. The first kappa shape index (κ1) is 12.2. The van der Waals surface area contributed by atoms with Crippen molar-refractivity contribution in [3.63, 3.8) is 0 Å². The van der Waals surface area contributed by atoms with Crippen LogP contribution in [0.5, 0.6) is 0 Å². The van der Waals surface area contributed by atoms with Gasteiger partial charge < -0.3 is 10.6 Å². The van der Waals surface area contributed by atoms with Crippen molar-refractivity contribution in [2.75, 3.05) is 17.7 Å². The first-order valence-corrected chi connectivity index (χ1v) is 5.63. The fraction of sp³-hybridized carbons (Fsp3) is 0.231. The normalized spacial score (nSPS) is 10.4. The molecule has 0 aliphatic rings. The van der Waals surface area contributed by atoms with E-state index in [1.165, 1.54) is 10.9 Å². The highest BCUT2D eigenvalue weighted by Gasteiger charge is 2.20. The standard InChI is InChI=1S/C13H16N4O/c1-9-5-4-6-10(7-9)16(2)13(18)12-11(14)8-15-17(12)3/h4-8H,14H2,1-3H3. The number of aromatic nitrogens is 2. The van der Waals surface area contributed by atoms with Crippen molar-refractivity contribution in [1.29, 1.82) is 0 Å². The molecule has 0 aliphatic carbocycles. The quantitative estimate of drug-likeness (QED) is 0.872. The summed E-state index contributed by atoms with van der Waals surface area (Å²) in [5, 5.41) is 3.98. The molecule has 0 fully saturated rings. The summed E-state index contributed by atoms with van der Waals surface area (Å²) in [6.07, 6.45) is 1.48. The molecule has 0 atom stereocenters. The van der Waals surface area contributed by atoms with E-state index in [9.17, 15) is 4.79 Å². The molecule has 5 nitrogen and oxygen atoms in total. The molecule has 0 spiro atoms. The van der Waals surface area contributed by atoms with Crippen molar-refractivity contribution in [2.45, 2.75) is 6.92 Å². The third kappa shape index (κ3) is 2.07. The third-order valence-electron chi connectivity index (χ3n) is 2.86. The average Bonchev–Trinajstić information content (AvgIpc) is 2.67. The molecular formula is C13H16N4O. The van der Waals surface area contributed by atoms with Crippen molar-refractivity contribution in [3.8, 4) is 0 Å². The summed E-state index contributed by atoms with van der Waals surface area (Å²) in [5.74, 6) is -0.168. The maximum atomic E-state index is 12.3. The van der Waals surface area contributed by atoms with E-state index in [4.69, 9.17) is 5.73 Å². The highest BCUT2D eigenvalue weighted by molar-refractivity contribution is 6.07. The van der Waals surface area contributed by atoms with Crippen LogP contribution in [0, 0.1) is 6.92 Å². The minimum atomic E-state index is -0.168. The minimum Gasteiger partial charge on any atom is -0.396 e. The fourth-order valence-electron chi connectivity index (χ4n) is 1.83. The summed E-state index contributed by atoms with van der Waals surface area (Å²) in [5.41, 5.74) is 8.49. The molecule has 0 saturated carbocycles. The van der Waals surface area contributed by atoms with Crippen LogP contribution in [0.4, 0.5) is 11.4 Å². The largest absolute Gasteiger partial charge is 0.396 e. The molecule has 2 N–H and O–H groups in total. The number of hydrogen-bond acceptors (Lipinski definition) is 3. The van der Waals surface area contributed by atoms with Gasteiger partial charge in [0, 0.05) is 19.8 Å². The number of nitrogens with zero attached hydrogens (tertiary/aromatic N) is 3. The molecule has 18 heavy (non-hydrogen) atoms. The number of aryl methyl sites for hydroxylation is 2. The summed E-state index contributed by atoms with van der Waals surface area (Å²) < 4.78 is 1.49. The molecule has 2 aromatic rings. The van der Waals surface area contributed by atoms with Gasteiger partial charge in [-0.05, 0) is 24.6 Å². The van der Waals surface area contributed by atoms with E-state index in [2.05, 4.69) is 5.10 Å². The van der Waals surface area contributed by atoms with E-state index in [1.807, 2.05) is 31.2 Å². The van der Waals surface area contributed by atoms with E-state index in [-0.39, 0.29) is 5.91 Å². The summed E-state index contributed by atoms with van der Waals surface area (Å²) in [4.78, 5) is 13.9. The zero-order valence-corrected chi connectivity index (χ0v) is 10.7. The smallest absolute Gasteiger partial charge is 0.278 e. The van der Waals surface area contributed by atoms with Crippen LogP contribution in [0.15, 0.2) is 30.5 Å². The second-order valence-corrected chi connectivity index (χ2v) is 4.28. The lowest BCUT2D eigenvalue weighted by atomic mass is 10.2. The van der Waals surface area contributed by atoms with Crippen molar-refractivity contribution in [3.05, 3.63) is 41.7 Å². The Morgan fingerprint density at radius 2 is 2.17 bits per heavy atom. The van der Waals surface area contributed by atoms with Gasteiger partial charge in [0.1, 0.15) is 5.69 Å². The van der Waals surface area contributed by atoms with Crippen LogP contribution in [0.2, 0.25) is 0 Å². The van der Waals surface area contributed by atoms with Gasteiger partial charge in [-0.25, -0.2) is 0 Å². The number of carbonyl (C=O) groups excluding carboxylic acids is 1. The highest BCUT2D eigenvalue weighted by atomic mass is 16.2. The van der Waals surface area contributed by atoms with Crippen molar-refractivity contribution in [1.82, 2.24) is 9.78 Å². The van der Waals surface area contributed by atoms with E-state index in [0.717, 1.165) is 11.3 Å². The van der Waals surface area contributed by atoms with E-state index in [0.29, 0.717) is 11.4 Å². The van der Waals surface area contributed by atoms with E-state index >= 15 is 0 Å². The maximum absolute atomic E-state index is 12.3. The first-order valence-electron chi connectivity index (χ1n) is 5.63. The molecule has 0 unspecified atom stereocenters. The number of hydrogen-bond donors (Lipinski definition) is 1. The lowest BCUT2D eigenvalue weighted by molar-refractivity contribution is 0.0985. The first-order chi connectivity index (χ1) is 8.50. The number of nitrogen functional groups attached to an aromatic ring is 1. The molecule has 1 aromatic carbocycles. The van der Waals surface area contributed by atoms with Gasteiger partial charge in [-0.3, -0.25) is 9.48 Å². The Morgan fingerprint density at radius 1 is 1.44 bits per heavy atom. The summed E-state index contributed by atoms with van der Waals surface area (Å²) in [6, 6.07) is 7.74. The highest BCUT2D eigenvalue weighted by Crippen LogP contribution is 2.19. The summed E-state index contributed by atoms with van der Waals surface area (Å²) >= 11 is 0. The van der Waals surface area contributed by atoms with Gasteiger partial charge >= 0.3 is 0 Å². The second-order valence-electron chi connectivity index (χ2n) is 4.28. The molecule has 94 valence electrons. The SMILES string of the molecule is Cc1cccc(N(C)C(=O)c2c(N)cnn2C)c1. The van der Waals surface area contributed by atoms with Crippen LogP contribution in [-0.4, -0.2) is 22.7 Å². The Labute approximate surface area is 106 Å². The predicted molar refractivity (Wildman–Crippen MR) is 71.5 cm³/mol. The van der Waals surface area contributed by atoms with Crippen molar-refractivity contribution >= 4 is 17.3 Å². The van der Waals surface area contributed by atoms with Crippen molar-refractivity contribution in [2.24, 2.45) is 7.05 Å². The molecule has 0 bridgehead atoms. The molecule has 1 heterocycles. The van der Waals surface area contributed by atoms with Crippen LogP contribution in [-0.2, 0) is 7.05 Å². The van der Waals surface area contributed by atoms with Gasteiger partial charge in [0.25, 0.3) is 5.91 Å². The molecule has 0 aliphatic heterocycles. The molecular weight excluding hydrogens is 228 g/mol. The van der Waals surface area contributed by atoms with Crippen LogP contribution in [0.1, 0.15) is 16.1 Å². The zero-order valence-electron chi connectivity index (χ0n) is 10.7. The Hall–Kier alpha value is -2.30. The number of carbonyl (C=O) groups is 1. The van der Waals surface area contributed by atoms with Crippen LogP contribution < -0.4 is 10.6 Å². The van der Waals surface area contributed by atoms with E-state index < -0.39 is 0 Å². The molecule has 1 aromatic heterocycles. The number of anilines is 2. The molecule has 0 saturated heterocycles.